The van der Waals surface area contributed by atoms with Crippen molar-refractivity contribution in [3.8, 4) is 5.75 Å². The van der Waals surface area contributed by atoms with Gasteiger partial charge in [0.2, 0.25) is 0 Å². The van der Waals surface area contributed by atoms with Crippen molar-refractivity contribution in [3.05, 3.63) is 42.7 Å². The first kappa shape index (κ1) is 20.3. The van der Waals surface area contributed by atoms with E-state index in [4.69, 9.17) is 4.74 Å². The minimum absolute atomic E-state index is 0.0566. The Bertz CT molecular complexity index is 846. The van der Waals surface area contributed by atoms with Crippen LogP contribution in [0.25, 0.3) is 0 Å². The molecule has 0 radical (unpaired) electrons. The standard InChI is InChI=1S/C22H30N6O2/c1-25-9-11-27(12-10-25)20-17-18(3-4-21(20)30-2)24-22(29)28-15-13-26(14-16-28)19-5-7-23-8-6-19/h3-8,17H,9-16H2,1-2H3,(H,24,29). The number of benzene rings is 1. The van der Waals surface area contributed by atoms with Gasteiger partial charge in [-0.1, -0.05) is 0 Å². The highest BCUT2D eigenvalue weighted by Gasteiger charge is 2.22. The zero-order chi connectivity index (χ0) is 20.9. The number of urea groups is 1. The van der Waals surface area contributed by atoms with Gasteiger partial charge in [0.25, 0.3) is 0 Å². The molecule has 0 saturated carbocycles. The van der Waals surface area contributed by atoms with Crippen LogP contribution in [0.1, 0.15) is 0 Å². The van der Waals surface area contributed by atoms with Crippen molar-refractivity contribution in [2.75, 3.05) is 81.6 Å². The number of aromatic nitrogens is 1. The van der Waals surface area contributed by atoms with E-state index in [1.54, 1.807) is 19.5 Å². The molecule has 2 aliphatic heterocycles. The third-order valence-electron chi connectivity index (χ3n) is 5.87. The van der Waals surface area contributed by atoms with Gasteiger partial charge in [-0.25, -0.2) is 4.79 Å². The molecule has 4 rings (SSSR count). The summed E-state index contributed by atoms with van der Waals surface area (Å²) in [5.41, 5.74) is 2.98. The monoisotopic (exact) mass is 410 g/mol. The largest absolute Gasteiger partial charge is 0.495 e. The Kier molecular flexibility index (Phi) is 6.23. The Morgan fingerprint density at radius 2 is 1.60 bits per heavy atom. The number of piperazine rings is 2. The van der Waals surface area contributed by atoms with E-state index in [0.29, 0.717) is 13.1 Å². The van der Waals surface area contributed by atoms with Crippen molar-refractivity contribution in [1.82, 2.24) is 14.8 Å². The molecule has 0 atom stereocenters. The summed E-state index contributed by atoms with van der Waals surface area (Å²) in [6.45, 7) is 6.93. The van der Waals surface area contributed by atoms with E-state index in [0.717, 1.165) is 62.1 Å². The van der Waals surface area contributed by atoms with Crippen LogP contribution in [0.2, 0.25) is 0 Å². The summed E-state index contributed by atoms with van der Waals surface area (Å²) in [6.07, 6.45) is 3.60. The number of hydrogen-bond donors (Lipinski definition) is 1. The Labute approximate surface area is 178 Å². The predicted octanol–water partition coefficient (Wildman–Crippen LogP) is 2.20. The number of ether oxygens (including phenoxy) is 1. The van der Waals surface area contributed by atoms with Crippen LogP contribution in [0, 0.1) is 0 Å². The Hall–Kier alpha value is -3.00. The molecule has 2 aromatic rings. The second kappa shape index (κ2) is 9.21. The topological polar surface area (TPSA) is 64.2 Å². The van der Waals surface area contributed by atoms with Crippen LogP contribution in [-0.2, 0) is 0 Å². The predicted molar refractivity (Wildman–Crippen MR) is 120 cm³/mol. The molecule has 30 heavy (non-hydrogen) atoms. The van der Waals surface area contributed by atoms with Gasteiger partial charge in [0.15, 0.2) is 0 Å². The van der Waals surface area contributed by atoms with Crippen LogP contribution >= 0.6 is 0 Å². The highest BCUT2D eigenvalue weighted by Crippen LogP contribution is 2.32. The first-order valence-electron chi connectivity index (χ1n) is 10.5. The van der Waals surface area contributed by atoms with Gasteiger partial charge in [-0.3, -0.25) is 4.98 Å². The molecule has 2 amide bonds. The maximum atomic E-state index is 12.8. The molecule has 0 unspecified atom stereocenters. The first-order valence-corrected chi connectivity index (χ1v) is 10.5. The van der Waals surface area contributed by atoms with E-state index in [-0.39, 0.29) is 6.03 Å². The number of carbonyl (C=O) groups excluding carboxylic acids is 1. The number of carbonyl (C=O) groups is 1. The molecular weight excluding hydrogens is 380 g/mol. The minimum atomic E-state index is -0.0566. The summed E-state index contributed by atoms with van der Waals surface area (Å²) in [7, 11) is 3.83. The SMILES string of the molecule is COc1ccc(NC(=O)N2CCN(c3ccncc3)CC2)cc1N1CCN(C)CC1. The van der Waals surface area contributed by atoms with Crippen LogP contribution in [0.4, 0.5) is 21.9 Å². The van der Waals surface area contributed by atoms with Crippen molar-refractivity contribution < 1.29 is 9.53 Å². The summed E-state index contributed by atoms with van der Waals surface area (Å²) in [5.74, 6) is 0.837. The lowest BCUT2D eigenvalue weighted by atomic mass is 10.2. The number of anilines is 3. The van der Waals surface area contributed by atoms with E-state index in [1.807, 2.05) is 35.2 Å². The summed E-state index contributed by atoms with van der Waals surface area (Å²) in [5, 5.41) is 3.07. The molecule has 2 fully saturated rings. The van der Waals surface area contributed by atoms with Gasteiger partial charge >= 0.3 is 6.03 Å². The Morgan fingerprint density at radius 1 is 0.933 bits per heavy atom. The molecule has 8 heteroatoms. The van der Waals surface area contributed by atoms with Crippen molar-refractivity contribution in [2.45, 2.75) is 0 Å². The number of methoxy groups -OCH3 is 1. The number of hydrogen-bond acceptors (Lipinski definition) is 6. The number of rotatable bonds is 4. The van der Waals surface area contributed by atoms with Gasteiger partial charge in [-0.15, -0.1) is 0 Å². The van der Waals surface area contributed by atoms with E-state index in [1.165, 1.54) is 0 Å². The lowest BCUT2D eigenvalue weighted by molar-refractivity contribution is 0.208. The number of nitrogens with zero attached hydrogens (tertiary/aromatic N) is 5. The number of pyridine rings is 1. The second-order valence-corrected chi connectivity index (χ2v) is 7.79. The number of nitrogens with one attached hydrogen (secondary N) is 1. The molecule has 1 aromatic carbocycles. The van der Waals surface area contributed by atoms with Crippen molar-refractivity contribution in [1.29, 1.82) is 0 Å². The van der Waals surface area contributed by atoms with Crippen molar-refractivity contribution in [2.24, 2.45) is 0 Å². The maximum Gasteiger partial charge on any atom is 0.321 e. The highest BCUT2D eigenvalue weighted by molar-refractivity contribution is 5.90. The first-order chi connectivity index (χ1) is 14.6. The van der Waals surface area contributed by atoms with Crippen LogP contribution in [0.3, 0.4) is 0 Å². The average Bonchev–Trinajstić information content (AvgIpc) is 2.80. The van der Waals surface area contributed by atoms with Gasteiger partial charge in [-0.2, -0.15) is 0 Å². The zero-order valence-corrected chi connectivity index (χ0v) is 17.8. The zero-order valence-electron chi connectivity index (χ0n) is 17.8. The van der Waals surface area contributed by atoms with Crippen LogP contribution < -0.4 is 19.9 Å². The molecule has 8 nitrogen and oxygen atoms in total. The minimum Gasteiger partial charge on any atom is -0.495 e. The van der Waals surface area contributed by atoms with Crippen LogP contribution in [0.15, 0.2) is 42.7 Å². The van der Waals surface area contributed by atoms with E-state index in [2.05, 4.69) is 32.0 Å². The summed E-state index contributed by atoms with van der Waals surface area (Å²) in [6, 6.07) is 9.82. The maximum absolute atomic E-state index is 12.8. The van der Waals surface area contributed by atoms with Gasteiger partial charge < -0.3 is 29.7 Å². The van der Waals surface area contributed by atoms with Gasteiger partial charge in [0, 0.05) is 76.1 Å². The Balaban J connectivity index is 1.38. The second-order valence-electron chi connectivity index (χ2n) is 7.79. The molecule has 0 aliphatic carbocycles. The lowest BCUT2D eigenvalue weighted by Gasteiger charge is -2.36. The van der Waals surface area contributed by atoms with Crippen LogP contribution in [-0.4, -0.2) is 87.3 Å². The molecule has 160 valence electrons. The molecular formula is C22H30N6O2. The van der Waals surface area contributed by atoms with Crippen LogP contribution in [0.5, 0.6) is 5.75 Å². The van der Waals surface area contributed by atoms with Gasteiger partial charge in [0.1, 0.15) is 5.75 Å². The Morgan fingerprint density at radius 3 is 2.27 bits per heavy atom. The lowest BCUT2D eigenvalue weighted by Crippen LogP contribution is -2.50. The summed E-state index contributed by atoms with van der Waals surface area (Å²) in [4.78, 5) is 25.7. The number of amides is 2. The highest BCUT2D eigenvalue weighted by atomic mass is 16.5. The molecule has 0 bridgehead atoms. The fraction of sp³-hybridized carbons (Fsp3) is 0.455. The number of likely N-dealkylation sites (N-methyl/N-ethyl adjacent to an activating group) is 1. The van der Waals surface area contributed by atoms with Gasteiger partial charge in [-0.05, 0) is 37.4 Å². The third kappa shape index (κ3) is 4.59. The third-order valence-corrected chi connectivity index (χ3v) is 5.87. The summed E-state index contributed by atoms with van der Waals surface area (Å²) < 4.78 is 5.57. The quantitative estimate of drug-likeness (QED) is 0.834. The molecule has 0 spiro atoms. The molecule has 3 heterocycles. The van der Waals surface area contributed by atoms with Crippen molar-refractivity contribution >= 4 is 23.1 Å². The molecule has 2 saturated heterocycles. The van der Waals surface area contributed by atoms with Crippen molar-refractivity contribution in [3.63, 3.8) is 0 Å². The summed E-state index contributed by atoms with van der Waals surface area (Å²) >= 11 is 0. The van der Waals surface area contributed by atoms with E-state index >= 15 is 0 Å². The normalized spacial score (nSPS) is 17.7. The average molecular weight is 411 g/mol. The molecule has 1 aromatic heterocycles. The van der Waals surface area contributed by atoms with E-state index in [9.17, 15) is 4.79 Å². The fourth-order valence-electron chi connectivity index (χ4n) is 3.99. The van der Waals surface area contributed by atoms with E-state index < -0.39 is 0 Å². The smallest absolute Gasteiger partial charge is 0.321 e. The van der Waals surface area contributed by atoms with Gasteiger partial charge in [0.05, 0.1) is 12.8 Å². The molecule has 2 aliphatic rings. The molecule has 1 N–H and O–H groups in total. The fourth-order valence-corrected chi connectivity index (χ4v) is 3.99.